The van der Waals surface area contributed by atoms with E-state index in [0.717, 1.165) is 17.9 Å². The van der Waals surface area contributed by atoms with E-state index in [4.69, 9.17) is 5.11 Å². The quantitative estimate of drug-likeness (QED) is 0.840. The summed E-state index contributed by atoms with van der Waals surface area (Å²) in [5, 5.41) is 11.3. The Morgan fingerprint density at radius 2 is 2.40 bits per heavy atom. The molecule has 1 aliphatic heterocycles. The van der Waals surface area contributed by atoms with Crippen LogP contribution in [0.4, 0.5) is 10.1 Å². The molecule has 0 saturated carbocycles. The minimum Gasteiger partial charge on any atom is -0.395 e. The summed E-state index contributed by atoms with van der Waals surface area (Å²) in [4.78, 5) is 11.9. The summed E-state index contributed by atoms with van der Waals surface area (Å²) in [5.41, 5.74) is 0.727. The third kappa shape index (κ3) is 3.99. The third-order valence-corrected chi connectivity index (χ3v) is 4.16. The number of nitrogens with one attached hydrogen (secondary N) is 1. The average Bonchev–Trinajstić information content (AvgIpc) is 2.96. The number of thioether (sulfide) groups is 1. The normalized spacial score (nSPS) is 17.4. The molecule has 1 aromatic rings. The molecule has 1 aliphatic rings. The summed E-state index contributed by atoms with van der Waals surface area (Å²) in [6, 6.07) is 4.48. The molecule has 0 aromatic heterocycles. The highest BCUT2D eigenvalue weighted by atomic mass is 32.2. The molecule has 2 N–H and O–H groups in total. The van der Waals surface area contributed by atoms with Crippen LogP contribution in [0.5, 0.6) is 0 Å². The highest BCUT2D eigenvalue weighted by molar-refractivity contribution is 7.99. The van der Waals surface area contributed by atoms with Crippen LogP contribution in [0.3, 0.4) is 0 Å². The maximum absolute atomic E-state index is 13.9. The highest BCUT2D eigenvalue weighted by Gasteiger charge is 2.23. The van der Waals surface area contributed by atoms with Gasteiger partial charge in [0.15, 0.2) is 0 Å². The van der Waals surface area contributed by atoms with Crippen LogP contribution in [-0.2, 0) is 4.79 Å². The second-order valence-electron chi connectivity index (χ2n) is 4.52. The Morgan fingerprint density at radius 3 is 3.05 bits per heavy atom. The zero-order valence-corrected chi connectivity index (χ0v) is 11.8. The Bertz CT molecular complexity index is 545. The third-order valence-electron chi connectivity index (χ3n) is 3.00. The van der Waals surface area contributed by atoms with Gasteiger partial charge in [0, 0.05) is 23.7 Å². The van der Waals surface area contributed by atoms with Gasteiger partial charge in [0.25, 0.3) is 0 Å². The first-order chi connectivity index (χ1) is 9.70. The lowest BCUT2D eigenvalue weighted by Gasteiger charge is -2.10. The van der Waals surface area contributed by atoms with E-state index in [-0.39, 0.29) is 24.1 Å². The van der Waals surface area contributed by atoms with Gasteiger partial charge < -0.3 is 10.4 Å². The van der Waals surface area contributed by atoms with Crippen molar-refractivity contribution in [2.24, 2.45) is 5.92 Å². The standard InChI is InChI=1S/C15H16FNO2S/c16-13-9-11(3-1-2-7-18)4-5-14(13)17-15(19)12-6-8-20-10-12/h4-5,9,12,18H,2,6-8,10H2,(H,17,19). The van der Waals surface area contributed by atoms with Crippen molar-refractivity contribution in [3.05, 3.63) is 29.6 Å². The number of anilines is 1. The minimum absolute atomic E-state index is 0.0109. The fourth-order valence-corrected chi connectivity index (χ4v) is 3.11. The van der Waals surface area contributed by atoms with Gasteiger partial charge in [0.2, 0.25) is 5.91 Å². The zero-order chi connectivity index (χ0) is 14.4. The van der Waals surface area contributed by atoms with E-state index in [0.29, 0.717) is 12.0 Å². The molecule has 106 valence electrons. The molecular formula is C15H16FNO2S. The fourth-order valence-electron chi connectivity index (χ4n) is 1.89. The van der Waals surface area contributed by atoms with Gasteiger partial charge in [-0.3, -0.25) is 4.79 Å². The van der Waals surface area contributed by atoms with E-state index in [1.54, 1.807) is 17.8 Å². The van der Waals surface area contributed by atoms with Crippen LogP contribution in [0.25, 0.3) is 0 Å². The van der Waals surface area contributed by atoms with Gasteiger partial charge in [-0.1, -0.05) is 11.8 Å². The number of hydrogen-bond donors (Lipinski definition) is 2. The number of carbonyl (C=O) groups is 1. The molecular weight excluding hydrogens is 277 g/mol. The molecule has 1 saturated heterocycles. The SMILES string of the molecule is O=C(Nc1ccc(C#CCCO)cc1F)C1CCSC1. The lowest BCUT2D eigenvalue weighted by Crippen LogP contribution is -2.22. The van der Waals surface area contributed by atoms with Crippen LogP contribution in [-0.4, -0.2) is 29.1 Å². The number of hydrogen-bond acceptors (Lipinski definition) is 3. The van der Waals surface area contributed by atoms with Crippen molar-refractivity contribution < 1.29 is 14.3 Å². The lowest BCUT2D eigenvalue weighted by molar-refractivity contribution is -0.119. The molecule has 3 nitrogen and oxygen atoms in total. The molecule has 0 bridgehead atoms. The van der Waals surface area contributed by atoms with Crippen molar-refractivity contribution in [3.63, 3.8) is 0 Å². The first kappa shape index (κ1) is 14.9. The highest BCUT2D eigenvalue weighted by Crippen LogP contribution is 2.25. The van der Waals surface area contributed by atoms with E-state index >= 15 is 0 Å². The smallest absolute Gasteiger partial charge is 0.228 e. The Hall–Kier alpha value is -1.51. The van der Waals surface area contributed by atoms with Gasteiger partial charge in [-0.25, -0.2) is 4.39 Å². The van der Waals surface area contributed by atoms with Crippen molar-refractivity contribution in [2.45, 2.75) is 12.8 Å². The topological polar surface area (TPSA) is 49.3 Å². The monoisotopic (exact) mass is 293 g/mol. The predicted molar refractivity (Wildman–Crippen MR) is 79.0 cm³/mol. The number of aliphatic hydroxyl groups excluding tert-OH is 1. The molecule has 1 unspecified atom stereocenters. The lowest BCUT2D eigenvalue weighted by atomic mass is 10.1. The summed E-state index contributed by atoms with van der Waals surface area (Å²) in [6.45, 7) is -0.0109. The summed E-state index contributed by atoms with van der Waals surface area (Å²) < 4.78 is 13.9. The van der Waals surface area contributed by atoms with Gasteiger partial charge in [-0.2, -0.15) is 11.8 Å². The minimum atomic E-state index is -0.486. The number of amides is 1. The molecule has 1 atom stereocenters. The van der Waals surface area contributed by atoms with Crippen LogP contribution >= 0.6 is 11.8 Å². The van der Waals surface area contributed by atoms with Crippen LogP contribution in [0.2, 0.25) is 0 Å². The maximum Gasteiger partial charge on any atom is 0.228 e. The molecule has 5 heteroatoms. The van der Waals surface area contributed by atoms with Crippen molar-refractivity contribution >= 4 is 23.4 Å². The largest absolute Gasteiger partial charge is 0.395 e. The van der Waals surface area contributed by atoms with Gasteiger partial charge >= 0.3 is 0 Å². The molecule has 20 heavy (non-hydrogen) atoms. The van der Waals surface area contributed by atoms with Crippen LogP contribution in [0, 0.1) is 23.6 Å². The van der Waals surface area contributed by atoms with Crippen LogP contribution in [0.15, 0.2) is 18.2 Å². The number of carbonyl (C=O) groups excluding carboxylic acids is 1. The van der Waals surface area contributed by atoms with E-state index in [2.05, 4.69) is 17.2 Å². The number of halogens is 1. The Balaban J connectivity index is 2.02. The molecule has 0 radical (unpaired) electrons. The van der Waals surface area contributed by atoms with Gasteiger partial charge in [-0.15, -0.1) is 0 Å². The molecule has 0 spiro atoms. The maximum atomic E-state index is 13.9. The van der Waals surface area contributed by atoms with Crippen molar-refractivity contribution in [1.82, 2.24) is 0 Å². The number of rotatable bonds is 3. The van der Waals surface area contributed by atoms with E-state index in [9.17, 15) is 9.18 Å². The number of aliphatic hydroxyl groups is 1. The summed E-state index contributed by atoms with van der Waals surface area (Å²) >= 11 is 1.75. The molecule has 0 aliphatic carbocycles. The predicted octanol–water partition coefficient (Wildman–Crippen LogP) is 2.25. The molecule has 1 aromatic carbocycles. The fraction of sp³-hybridized carbons (Fsp3) is 0.400. The van der Waals surface area contributed by atoms with Crippen molar-refractivity contribution in [2.75, 3.05) is 23.4 Å². The van der Waals surface area contributed by atoms with Crippen LogP contribution < -0.4 is 5.32 Å². The molecule has 1 heterocycles. The van der Waals surface area contributed by atoms with Crippen molar-refractivity contribution in [3.8, 4) is 11.8 Å². The second-order valence-corrected chi connectivity index (χ2v) is 5.67. The van der Waals surface area contributed by atoms with Gasteiger partial charge in [-0.05, 0) is 30.4 Å². The molecule has 1 amide bonds. The van der Waals surface area contributed by atoms with Gasteiger partial charge in [0.1, 0.15) is 5.82 Å². The second kappa shape index (κ2) is 7.32. The van der Waals surface area contributed by atoms with Crippen LogP contribution in [0.1, 0.15) is 18.4 Å². The Kier molecular flexibility index (Phi) is 5.45. The first-order valence-electron chi connectivity index (χ1n) is 6.48. The summed E-state index contributed by atoms with van der Waals surface area (Å²) in [7, 11) is 0. The molecule has 2 rings (SSSR count). The Morgan fingerprint density at radius 1 is 1.55 bits per heavy atom. The average molecular weight is 293 g/mol. The summed E-state index contributed by atoms with van der Waals surface area (Å²) in [5.74, 6) is 6.64. The molecule has 1 fully saturated rings. The van der Waals surface area contributed by atoms with Gasteiger partial charge in [0.05, 0.1) is 12.3 Å². The first-order valence-corrected chi connectivity index (χ1v) is 7.64. The van der Waals surface area contributed by atoms with Crippen molar-refractivity contribution in [1.29, 1.82) is 0 Å². The number of benzene rings is 1. The van der Waals surface area contributed by atoms with E-state index in [1.165, 1.54) is 12.1 Å². The van der Waals surface area contributed by atoms with E-state index < -0.39 is 5.82 Å². The van der Waals surface area contributed by atoms with E-state index in [1.807, 2.05) is 0 Å². The summed E-state index contributed by atoms with van der Waals surface area (Å²) in [6.07, 6.45) is 1.21. The Labute approximate surface area is 122 Å². The zero-order valence-electron chi connectivity index (χ0n) is 11.0.